The third-order valence-electron chi connectivity index (χ3n) is 1.59. The molecule has 15 heavy (non-hydrogen) atoms. The fourth-order valence-electron chi connectivity index (χ4n) is 1.01. The number of nitrogen functional groups attached to an aromatic ring is 1. The van der Waals surface area contributed by atoms with Gasteiger partial charge in [-0.05, 0) is 38.0 Å². The van der Waals surface area contributed by atoms with Crippen molar-refractivity contribution >= 4 is 27.3 Å². The molecule has 5 heteroatoms. The molecule has 0 aliphatic heterocycles. The number of benzene rings is 1. The van der Waals surface area contributed by atoms with E-state index in [-0.39, 0.29) is 0 Å². The zero-order chi connectivity index (χ0) is 11.6. The van der Waals surface area contributed by atoms with E-state index < -0.39 is 5.54 Å². The second-order valence-corrected chi connectivity index (χ2v) is 5.16. The summed E-state index contributed by atoms with van der Waals surface area (Å²) in [5.41, 5.74) is 6.04. The Bertz CT molecular complexity index is 396. The van der Waals surface area contributed by atoms with Crippen LogP contribution >= 0.6 is 15.9 Å². The Morgan fingerprint density at radius 1 is 1.40 bits per heavy atom. The molecule has 0 saturated carbocycles. The van der Waals surface area contributed by atoms with Crippen molar-refractivity contribution in [2.24, 2.45) is 5.11 Å². The van der Waals surface area contributed by atoms with E-state index in [4.69, 9.17) is 5.73 Å². The van der Waals surface area contributed by atoms with Gasteiger partial charge in [0.2, 0.25) is 0 Å². The van der Waals surface area contributed by atoms with E-state index in [9.17, 15) is 5.21 Å². The van der Waals surface area contributed by atoms with Gasteiger partial charge in [-0.25, -0.2) is 0 Å². The van der Waals surface area contributed by atoms with Gasteiger partial charge in [0.05, 0.1) is 0 Å². The monoisotopic (exact) mass is 271 g/mol. The highest BCUT2D eigenvalue weighted by molar-refractivity contribution is 9.10. The van der Waals surface area contributed by atoms with E-state index in [1.165, 1.54) is 0 Å². The maximum absolute atomic E-state index is 11.7. The Balaban J connectivity index is 3.16. The Labute approximate surface area is 97.5 Å². The maximum atomic E-state index is 11.7. The molecule has 0 aliphatic carbocycles. The van der Waals surface area contributed by atoms with E-state index in [0.717, 1.165) is 4.47 Å². The van der Waals surface area contributed by atoms with E-state index in [1.807, 2.05) is 20.8 Å². The Hall–Kier alpha value is -1.10. The zero-order valence-electron chi connectivity index (χ0n) is 8.99. The molecule has 1 aromatic carbocycles. The van der Waals surface area contributed by atoms with E-state index in [2.05, 4.69) is 21.0 Å². The summed E-state index contributed by atoms with van der Waals surface area (Å²) < 4.78 is 0.802. The van der Waals surface area contributed by atoms with Gasteiger partial charge in [0.15, 0.2) is 0 Å². The molecule has 0 aromatic heterocycles. The first-order valence-corrected chi connectivity index (χ1v) is 5.34. The number of anilines is 1. The summed E-state index contributed by atoms with van der Waals surface area (Å²) in [6.07, 6.45) is 0. The predicted octanol–water partition coefficient (Wildman–Crippen LogP) is 3.42. The Kier molecular flexibility index (Phi) is 3.34. The number of rotatable bonds is 1. The van der Waals surface area contributed by atoms with Gasteiger partial charge in [-0.15, -0.1) is 0 Å². The van der Waals surface area contributed by atoms with Gasteiger partial charge in [0.25, 0.3) is 5.69 Å². The van der Waals surface area contributed by atoms with Crippen LogP contribution in [0.4, 0.5) is 11.4 Å². The van der Waals surface area contributed by atoms with Gasteiger partial charge in [-0.2, -0.15) is 0 Å². The first-order chi connectivity index (χ1) is 6.79. The molecular formula is C10H14BrN3O. The fourth-order valence-corrected chi connectivity index (χ4v) is 1.36. The topological polar surface area (TPSA) is 64.5 Å². The second-order valence-electron chi connectivity index (χ2n) is 4.25. The van der Waals surface area contributed by atoms with Crippen LogP contribution in [0.25, 0.3) is 0 Å². The molecule has 1 aromatic rings. The average molecular weight is 272 g/mol. The molecule has 0 radical (unpaired) electrons. The normalized spacial score (nSPS) is 12.9. The van der Waals surface area contributed by atoms with Crippen LogP contribution in [0, 0.1) is 5.21 Å². The van der Waals surface area contributed by atoms with Crippen molar-refractivity contribution in [2.75, 3.05) is 5.73 Å². The van der Waals surface area contributed by atoms with Crippen molar-refractivity contribution in [1.29, 1.82) is 0 Å². The fraction of sp³-hybridized carbons (Fsp3) is 0.400. The number of hydrogen-bond donors (Lipinski definition) is 1. The van der Waals surface area contributed by atoms with Crippen LogP contribution in [0.3, 0.4) is 0 Å². The maximum Gasteiger partial charge on any atom is 0.268 e. The molecule has 0 unspecified atom stereocenters. The van der Waals surface area contributed by atoms with Crippen LogP contribution in [-0.4, -0.2) is 10.4 Å². The number of azo groups is 1. The Morgan fingerprint density at radius 2 is 2.00 bits per heavy atom. The lowest BCUT2D eigenvalue weighted by Gasteiger charge is -2.10. The first-order valence-electron chi connectivity index (χ1n) is 4.55. The van der Waals surface area contributed by atoms with Crippen LogP contribution in [0.15, 0.2) is 27.8 Å². The van der Waals surface area contributed by atoms with Crippen molar-refractivity contribution in [1.82, 2.24) is 0 Å². The lowest BCUT2D eigenvalue weighted by molar-refractivity contribution is -0.448. The summed E-state index contributed by atoms with van der Waals surface area (Å²) >= 11 is 3.28. The second kappa shape index (κ2) is 4.18. The third-order valence-corrected chi connectivity index (χ3v) is 2.08. The van der Waals surface area contributed by atoms with Gasteiger partial charge < -0.3 is 10.9 Å². The Morgan fingerprint density at radius 3 is 2.53 bits per heavy atom. The van der Waals surface area contributed by atoms with E-state index in [1.54, 1.807) is 18.2 Å². The summed E-state index contributed by atoms with van der Waals surface area (Å²) in [4.78, 5) is 0.570. The van der Waals surface area contributed by atoms with Crippen molar-refractivity contribution in [3.05, 3.63) is 27.9 Å². The van der Waals surface area contributed by atoms with Crippen LogP contribution < -0.4 is 5.73 Å². The number of nitrogens with zero attached hydrogens (tertiary/aromatic N) is 2. The molecule has 0 spiro atoms. The minimum absolute atomic E-state index is 0.360. The van der Waals surface area contributed by atoms with Crippen LogP contribution in [-0.2, 0) is 0 Å². The molecule has 0 fully saturated rings. The highest BCUT2D eigenvalue weighted by Crippen LogP contribution is 2.26. The van der Waals surface area contributed by atoms with Gasteiger partial charge >= 0.3 is 0 Å². The SMILES string of the molecule is CC(C)(C)N=[N+]([O-])c1cc(Br)ccc1N. The molecule has 0 heterocycles. The average Bonchev–Trinajstić information content (AvgIpc) is 2.06. The van der Waals surface area contributed by atoms with Gasteiger partial charge in [-0.3, -0.25) is 0 Å². The molecule has 1 rings (SSSR count). The summed E-state index contributed by atoms with van der Waals surface area (Å²) in [7, 11) is 0. The minimum Gasteiger partial charge on any atom is -0.594 e. The van der Waals surface area contributed by atoms with Crippen LogP contribution in [0.2, 0.25) is 0 Å². The molecule has 2 N–H and O–H groups in total. The lowest BCUT2D eigenvalue weighted by Crippen LogP contribution is -2.13. The van der Waals surface area contributed by atoms with Gasteiger partial charge in [0.1, 0.15) is 11.2 Å². The molecular weight excluding hydrogens is 258 g/mol. The highest BCUT2D eigenvalue weighted by Gasteiger charge is 2.16. The molecule has 82 valence electrons. The van der Waals surface area contributed by atoms with Crippen molar-refractivity contribution in [2.45, 2.75) is 26.3 Å². The van der Waals surface area contributed by atoms with E-state index >= 15 is 0 Å². The smallest absolute Gasteiger partial charge is 0.268 e. The summed E-state index contributed by atoms with van der Waals surface area (Å²) in [6, 6.07) is 5.10. The van der Waals surface area contributed by atoms with E-state index in [0.29, 0.717) is 16.2 Å². The highest BCUT2D eigenvalue weighted by atomic mass is 79.9. The largest absolute Gasteiger partial charge is 0.594 e. The number of hydrogen-bond acceptors (Lipinski definition) is 3. The predicted molar refractivity (Wildman–Crippen MR) is 64.0 cm³/mol. The van der Waals surface area contributed by atoms with Crippen molar-refractivity contribution in [3.8, 4) is 0 Å². The first kappa shape index (κ1) is 12.0. The zero-order valence-corrected chi connectivity index (χ0v) is 10.6. The van der Waals surface area contributed by atoms with Crippen molar-refractivity contribution in [3.63, 3.8) is 0 Å². The molecule has 0 bridgehead atoms. The molecule has 0 saturated heterocycles. The number of halogens is 1. The standard InChI is InChI=1S/C10H14BrN3O/c1-10(2,3)13-14(15)9-6-7(11)4-5-8(9)12/h4-6H,12H2,1-3H3. The summed E-state index contributed by atoms with van der Waals surface area (Å²) in [6.45, 7) is 5.56. The van der Waals surface area contributed by atoms with Gasteiger partial charge in [-0.1, -0.05) is 20.8 Å². The molecule has 0 aliphatic rings. The third kappa shape index (κ3) is 3.51. The quantitative estimate of drug-likeness (QED) is 0.368. The molecule has 4 nitrogen and oxygen atoms in total. The molecule has 0 amide bonds. The van der Waals surface area contributed by atoms with Crippen LogP contribution in [0.1, 0.15) is 20.8 Å². The lowest BCUT2D eigenvalue weighted by atomic mass is 10.1. The van der Waals surface area contributed by atoms with Crippen molar-refractivity contribution < 1.29 is 4.86 Å². The van der Waals surface area contributed by atoms with Crippen LogP contribution in [0.5, 0.6) is 0 Å². The summed E-state index contributed by atoms with van der Waals surface area (Å²) in [5.74, 6) is 0. The number of nitrogens with two attached hydrogens (primary N) is 1. The molecule has 0 atom stereocenters. The summed E-state index contributed by atoms with van der Waals surface area (Å²) in [5, 5.41) is 15.6. The van der Waals surface area contributed by atoms with Gasteiger partial charge in [0, 0.05) is 10.5 Å². The minimum atomic E-state index is -0.420.